The average molecular weight is 213 g/mol. The van der Waals surface area contributed by atoms with Crippen LogP contribution in [-0.4, -0.2) is 16.2 Å². The van der Waals surface area contributed by atoms with Crippen molar-refractivity contribution < 1.29 is 5.11 Å². The summed E-state index contributed by atoms with van der Waals surface area (Å²) in [5.41, 5.74) is 5.56. The van der Waals surface area contributed by atoms with Gasteiger partial charge in [0.25, 0.3) is 0 Å². The summed E-state index contributed by atoms with van der Waals surface area (Å²) in [6, 6.07) is 0. The molecule has 0 heterocycles. The van der Waals surface area contributed by atoms with E-state index in [1.165, 1.54) is 6.42 Å². The SMILES string of the molecule is CCC(N)(CC)C1(O)CCCC(C)(C)C1. The molecule has 1 saturated carbocycles. The summed E-state index contributed by atoms with van der Waals surface area (Å²) in [4.78, 5) is 0. The lowest BCUT2D eigenvalue weighted by Crippen LogP contribution is -2.62. The first-order valence-electron chi connectivity index (χ1n) is 6.30. The molecule has 90 valence electrons. The van der Waals surface area contributed by atoms with Crippen LogP contribution in [0.5, 0.6) is 0 Å². The smallest absolute Gasteiger partial charge is 0.0831 e. The molecule has 0 aromatic rings. The Hall–Kier alpha value is -0.0800. The Balaban J connectivity index is 2.90. The van der Waals surface area contributed by atoms with Gasteiger partial charge in [-0.15, -0.1) is 0 Å². The molecule has 0 saturated heterocycles. The van der Waals surface area contributed by atoms with Crippen LogP contribution >= 0.6 is 0 Å². The largest absolute Gasteiger partial charge is 0.388 e. The summed E-state index contributed by atoms with van der Waals surface area (Å²) in [6.45, 7) is 8.65. The highest BCUT2D eigenvalue weighted by Gasteiger charge is 2.49. The quantitative estimate of drug-likeness (QED) is 0.757. The van der Waals surface area contributed by atoms with E-state index in [4.69, 9.17) is 5.73 Å². The van der Waals surface area contributed by atoms with Crippen molar-refractivity contribution >= 4 is 0 Å². The van der Waals surface area contributed by atoms with Gasteiger partial charge in [-0.2, -0.15) is 0 Å². The molecule has 0 aromatic carbocycles. The van der Waals surface area contributed by atoms with Gasteiger partial charge in [-0.1, -0.05) is 27.7 Å². The van der Waals surface area contributed by atoms with Gasteiger partial charge in [-0.3, -0.25) is 0 Å². The third kappa shape index (κ3) is 2.36. The van der Waals surface area contributed by atoms with Crippen molar-refractivity contribution in [2.45, 2.75) is 77.4 Å². The minimum absolute atomic E-state index is 0.238. The fraction of sp³-hybridized carbons (Fsp3) is 1.00. The minimum Gasteiger partial charge on any atom is -0.388 e. The molecule has 0 radical (unpaired) electrons. The topological polar surface area (TPSA) is 46.2 Å². The highest BCUT2D eigenvalue weighted by Crippen LogP contribution is 2.46. The molecule has 2 heteroatoms. The first-order chi connectivity index (χ1) is 6.79. The predicted molar refractivity (Wildman–Crippen MR) is 64.7 cm³/mol. The van der Waals surface area contributed by atoms with Crippen molar-refractivity contribution in [1.82, 2.24) is 0 Å². The van der Waals surface area contributed by atoms with Gasteiger partial charge >= 0.3 is 0 Å². The second-order valence-corrected chi connectivity index (χ2v) is 6.09. The standard InChI is InChI=1S/C13H27NO/c1-5-12(14,6-2)13(15)9-7-8-11(3,4)10-13/h15H,5-10,14H2,1-4H3. The summed E-state index contributed by atoms with van der Waals surface area (Å²) in [7, 11) is 0. The van der Waals surface area contributed by atoms with E-state index in [-0.39, 0.29) is 5.41 Å². The van der Waals surface area contributed by atoms with Gasteiger partial charge in [0.1, 0.15) is 0 Å². The van der Waals surface area contributed by atoms with Crippen molar-refractivity contribution in [2.24, 2.45) is 11.1 Å². The third-order valence-electron chi connectivity index (χ3n) is 4.40. The summed E-state index contributed by atoms with van der Waals surface area (Å²) in [5, 5.41) is 10.8. The Morgan fingerprint density at radius 3 is 2.13 bits per heavy atom. The lowest BCUT2D eigenvalue weighted by Gasteiger charge is -2.51. The van der Waals surface area contributed by atoms with E-state index in [0.717, 1.165) is 32.1 Å². The molecule has 1 atom stereocenters. The first kappa shape index (κ1) is 13.0. The van der Waals surface area contributed by atoms with Gasteiger partial charge in [0, 0.05) is 5.54 Å². The van der Waals surface area contributed by atoms with Crippen LogP contribution in [0.1, 0.15) is 66.2 Å². The molecule has 0 aromatic heterocycles. The van der Waals surface area contributed by atoms with Crippen LogP contribution in [0.2, 0.25) is 0 Å². The van der Waals surface area contributed by atoms with E-state index in [9.17, 15) is 5.11 Å². The molecule has 0 spiro atoms. The Bertz CT molecular complexity index is 221. The number of rotatable bonds is 3. The maximum Gasteiger partial charge on any atom is 0.0831 e. The Morgan fingerprint density at radius 2 is 1.73 bits per heavy atom. The van der Waals surface area contributed by atoms with Crippen molar-refractivity contribution in [1.29, 1.82) is 0 Å². The summed E-state index contributed by atoms with van der Waals surface area (Å²) < 4.78 is 0. The van der Waals surface area contributed by atoms with Gasteiger partial charge in [-0.25, -0.2) is 0 Å². The predicted octanol–water partition coefficient (Wildman–Crippen LogP) is 2.84. The molecule has 3 N–H and O–H groups in total. The summed E-state index contributed by atoms with van der Waals surface area (Å²) in [5.74, 6) is 0. The van der Waals surface area contributed by atoms with Crippen molar-refractivity contribution in [2.75, 3.05) is 0 Å². The maximum absolute atomic E-state index is 10.8. The minimum atomic E-state index is -0.655. The highest BCUT2D eigenvalue weighted by atomic mass is 16.3. The van der Waals surface area contributed by atoms with Gasteiger partial charge in [0.05, 0.1) is 5.60 Å². The van der Waals surface area contributed by atoms with Crippen LogP contribution in [0.25, 0.3) is 0 Å². The fourth-order valence-electron chi connectivity index (χ4n) is 3.16. The molecule has 0 amide bonds. The highest BCUT2D eigenvalue weighted by molar-refractivity contribution is 5.06. The molecular formula is C13H27NO. The normalized spacial score (nSPS) is 31.6. The van der Waals surface area contributed by atoms with Crippen LogP contribution in [0, 0.1) is 5.41 Å². The second kappa shape index (κ2) is 4.06. The first-order valence-corrected chi connectivity index (χ1v) is 6.30. The number of aliphatic hydroxyl groups is 1. The van der Waals surface area contributed by atoms with Crippen LogP contribution in [-0.2, 0) is 0 Å². The van der Waals surface area contributed by atoms with Gasteiger partial charge < -0.3 is 10.8 Å². The van der Waals surface area contributed by atoms with Crippen LogP contribution < -0.4 is 5.73 Å². The average Bonchev–Trinajstić information content (AvgIpc) is 2.14. The van der Waals surface area contributed by atoms with Gasteiger partial charge in [0.2, 0.25) is 0 Å². The van der Waals surface area contributed by atoms with Crippen molar-refractivity contribution in [3.8, 4) is 0 Å². The van der Waals surface area contributed by atoms with Crippen LogP contribution in [0.3, 0.4) is 0 Å². The third-order valence-corrected chi connectivity index (χ3v) is 4.40. The summed E-state index contributed by atoms with van der Waals surface area (Å²) in [6.07, 6.45) is 5.74. The Morgan fingerprint density at radius 1 is 1.20 bits per heavy atom. The van der Waals surface area contributed by atoms with Gasteiger partial charge in [0.15, 0.2) is 0 Å². The molecule has 15 heavy (non-hydrogen) atoms. The monoisotopic (exact) mass is 213 g/mol. The maximum atomic E-state index is 10.8. The number of hydrogen-bond acceptors (Lipinski definition) is 2. The zero-order valence-corrected chi connectivity index (χ0v) is 10.8. The fourth-order valence-corrected chi connectivity index (χ4v) is 3.16. The van der Waals surface area contributed by atoms with E-state index in [1.807, 2.05) is 0 Å². The molecule has 1 unspecified atom stereocenters. The lowest BCUT2D eigenvalue weighted by molar-refractivity contribution is -0.0985. The molecule has 1 rings (SSSR count). The van der Waals surface area contributed by atoms with Crippen molar-refractivity contribution in [3.63, 3.8) is 0 Å². The second-order valence-electron chi connectivity index (χ2n) is 6.09. The molecule has 1 fully saturated rings. The number of hydrogen-bond donors (Lipinski definition) is 2. The lowest BCUT2D eigenvalue weighted by atomic mass is 9.61. The van der Waals surface area contributed by atoms with Crippen LogP contribution in [0.4, 0.5) is 0 Å². The molecule has 1 aliphatic carbocycles. The summed E-state index contributed by atoms with van der Waals surface area (Å²) >= 11 is 0. The molecular weight excluding hydrogens is 186 g/mol. The molecule has 2 nitrogen and oxygen atoms in total. The Labute approximate surface area is 94.2 Å². The van der Waals surface area contributed by atoms with E-state index >= 15 is 0 Å². The van der Waals surface area contributed by atoms with Crippen LogP contribution in [0.15, 0.2) is 0 Å². The van der Waals surface area contributed by atoms with E-state index in [2.05, 4.69) is 27.7 Å². The Kier molecular flexibility index (Phi) is 3.52. The number of nitrogens with two attached hydrogens (primary N) is 1. The zero-order chi connectivity index (χ0) is 11.7. The van der Waals surface area contributed by atoms with Crippen molar-refractivity contribution in [3.05, 3.63) is 0 Å². The molecule has 1 aliphatic rings. The van der Waals surface area contributed by atoms with E-state index in [0.29, 0.717) is 0 Å². The molecule has 0 bridgehead atoms. The van der Waals surface area contributed by atoms with Gasteiger partial charge in [-0.05, 0) is 43.9 Å². The molecule has 0 aliphatic heterocycles. The zero-order valence-electron chi connectivity index (χ0n) is 10.8. The van der Waals surface area contributed by atoms with E-state index < -0.39 is 11.1 Å². The van der Waals surface area contributed by atoms with E-state index in [1.54, 1.807) is 0 Å².